The second-order valence-electron chi connectivity index (χ2n) is 4.04. The van der Waals surface area contributed by atoms with Gasteiger partial charge >= 0.3 is 5.97 Å². The molecule has 2 N–H and O–H groups in total. The fourth-order valence-corrected chi connectivity index (χ4v) is 2.16. The first kappa shape index (κ1) is 14.3. The number of hydrogen-bond acceptors (Lipinski definition) is 3. The molecule has 0 aliphatic heterocycles. The van der Waals surface area contributed by atoms with E-state index in [4.69, 9.17) is 9.52 Å². The average molecular weight is 338 g/mol. The topological polar surface area (TPSA) is 79.5 Å². The number of carboxylic acids is 1. The molecule has 0 aliphatic carbocycles. The van der Waals surface area contributed by atoms with Crippen molar-refractivity contribution in [2.45, 2.75) is 13.3 Å². The largest absolute Gasteiger partial charge is 0.478 e. The highest BCUT2D eigenvalue weighted by molar-refractivity contribution is 9.10. The molecule has 1 aromatic carbocycles. The maximum absolute atomic E-state index is 12.1. The Kier molecular flexibility index (Phi) is 4.24. The molecule has 1 aromatic heterocycles. The monoisotopic (exact) mass is 337 g/mol. The summed E-state index contributed by atoms with van der Waals surface area (Å²) >= 11 is 3.23. The number of aromatic carboxylic acids is 1. The summed E-state index contributed by atoms with van der Waals surface area (Å²) in [7, 11) is 0. The number of anilines is 1. The Bertz CT molecular complexity index is 663. The van der Waals surface area contributed by atoms with E-state index in [0.29, 0.717) is 16.7 Å². The van der Waals surface area contributed by atoms with Crippen molar-refractivity contribution in [1.29, 1.82) is 0 Å². The van der Waals surface area contributed by atoms with Crippen LogP contribution in [0.1, 0.15) is 33.6 Å². The summed E-state index contributed by atoms with van der Waals surface area (Å²) in [6, 6.07) is 7.94. The highest BCUT2D eigenvalue weighted by Gasteiger charge is 2.18. The SMILES string of the molecule is CCc1ccc(C(=O)Nc2c(Br)cccc2C(=O)O)o1. The molecule has 0 saturated heterocycles. The number of carbonyl (C=O) groups is 2. The van der Waals surface area contributed by atoms with Crippen LogP contribution in [0.15, 0.2) is 39.2 Å². The van der Waals surface area contributed by atoms with Crippen LogP contribution in [0.3, 0.4) is 0 Å². The molecule has 5 nitrogen and oxygen atoms in total. The molecule has 0 saturated carbocycles. The number of para-hydroxylation sites is 1. The number of carbonyl (C=O) groups excluding carboxylic acids is 1. The van der Waals surface area contributed by atoms with Gasteiger partial charge in [0.15, 0.2) is 5.76 Å². The predicted molar refractivity (Wildman–Crippen MR) is 77.1 cm³/mol. The van der Waals surface area contributed by atoms with E-state index in [-0.39, 0.29) is 17.0 Å². The number of hydrogen-bond donors (Lipinski definition) is 2. The lowest BCUT2D eigenvalue weighted by Gasteiger charge is -2.09. The van der Waals surface area contributed by atoms with Gasteiger partial charge in [-0.3, -0.25) is 4.79 Å². The lowest BCUT2D eigenvalue weighted by Crippen LogP contribution is -2.14. The number of carboxylic acid groups (broad SMARTS) is 1. The summed E-state index contributed by atoms with van der Waals surface area (Å²) in [5.74, 6) is -0.760. The van der Waals surface area contributed by atoms with Crippen LogP contribution >= 0.6 is 15.9 Å². The number of rotatable bonds is 4. The van der Waals surface area contributed by atoms with Crippen LogP contribution in [0.25, 0.3) is 0 Å². The van der Waals surface area contributed by atoms with Crippen molar-refractivity contribution in [3.8, 4) is 0 Å². The number of furan rings is 1. The lowest BCUT2D eigenvalue weighted by atomic mass is 10.2. The van der Waals surface area contributed by atoms with Gasteiger partial charge in [-0.15, -0.1) is 0 Å². The van der Waals surface area contributed by atoms with Gasteiger partial charge in [-0.1, -0.05) is 13.0 Å². The van der Waals surface area contributed by atoms with Crippen LogP contribution in [0, 0.1) is 0 Å². The predicted octanol–water partition coefficient (Wildman–Crippen LogP) is 3.56. The van der Waals surface area contributed by atoms with Gasteiger partial charge in [0, 0.05) is 10.9 Å². The molecular formula is C14H12BrNO4. The van der Waals surface area contributed by atoms with Gasteiger partial charge in [0.05, 0.1) is 11.3 Å². The van der Waals surface area contributed by atoms with Crippen molar-refractivity contribution >= 4 is 33.5 Å². The van der Waals surface area contributed by atoms with E-state index in [9.17, 15) is 9.59 Å². The Morgan fingerprint density at radius 2 is 2.05 bits per heavy atom. The van der Waals surface area contributed by atoms with Crippen molar-refractivity contribution in [3.63, 3.8) is 0 Å². The average Bonchev–Trinajstić information content (AvgIpc) is 2.89. The van der Waals surface area contributed by atoms with Crippen molar-refractivity contribution in [3.05, 3.63) is 51.9 Å². The van der Waals surface area contributed by atoms with Crippen LogP contribution in [-0.4, -0.2) is 17.0 Å². The molecule has 0 atom stereocenters. The molecule has 2 rings (SSSR count). The van der Waals surface area contributed by atoms with Crippen molar-refractivity contribution in [1.82, 2.24) is 0 Å². The summed E-state index contributed by atoms with van der Waals surface area (Å²) in [5, 5.41) is 11.7. The van der Waals surface area contributed by atoms with E-state index in [0.717, 1.165) is 0 Å². The number of halogens is 1. The number of amides is 1. The minimum absolute atomic E-state index is 0.00926. The van der Waals surface area contributed by atoms with Gasteiger partial charge in [0.25, 0.3) is 5.91 Å². The van der Waals surface area contributed by atoms with Crippen molar-refractivity contribution < 1.29 is 19.1 Å². The van der Waals surface area contributed by atoms with E-state index in [1.54, 1.807) is 24.3 Å². The van der Waals surface area contributed by atoms with Gasteiger partial charge in [-0.25, -0.2) is 4.79 Å². The van der Waals surface area contributed by atoms with Gasteiger partial charge in [-0.05, 0) is 40.2 Å². The molecule has 6 heteroatoms. The summed E-state index contributed by atoms with van der Waals surface area (Å²) in [6.45, 7) is 1.91. The maximum atomic E-state index is 12.1. The van der Waals surface area contributed by atoms with E-state index in [2.05, 4.69) is 21.2 Å². The van der Waals surface area contributed by atoms with Crippen LogP contribution in [-0.2, 0) is 6.42 Å². The van der Waals surface area contributed by atoms with Crippen LogP contribution in [0.2, 0.25) is 0 Å². The molecule has 20 heavy (non-hydrogen) atoms. The number of benzene rings is 1. The Morgan fingerprint density at radius 1 is 1.30 bits per heavy atom. The molecule has 0 fully saturated rings. The highest BCUT2D eigenvalue weighted by atomic mass is 79.9. The van der Waals surface area contributed by atoms with Crippen molar-refractivity contribution in [2.24, 2.45) is 0 Å². The first-order valence-electron chi connectivity index (χ1n) is 5.94. The molecule has 0 spiro atoms. The number of nitrogens with one attached hydrogen (secondary N) is 1. The fraction of sp³-hybridized carbons (Fsp3) is 0.143. The second kappa shape index (κ2) is 5.92. The Morgan fingerprint density at radius 3 is 2.65 bits per heavy atom. The maximum Gasteiger partial charge on any atom is 0.337 e. The third kappa shape index (κ3) is 2.91. The lowest BCUT2D eigenvalue weighted by molar-refractivity contribution is 0.0698. The molecule has 0 aliphatic rings. The zero-order chi connectivity index (χ0) is 14.7. The van der Waals surface area contributed by atoms with Gasteiger partial charge in [-0.2, -0.15) is 0 Å². The van der Waals surface area contributed by atoms with E-state index in [1.807, 2.05) is 6.92 Å². The van der Waals surface area contributed by atoms with Gasteiger partial charge < -0.3 is 14.8 Å². The van der Waals surface area contributed by atoms with Crippen molar-refractivity contribution in [2.75, 3.05) is 5.32 Å². The zero-order valence-electron chi connectivity index (χ0n) is 10.6. The van der Waals surface area contributed by atoms with Gasteiger partial charge in [0.2, 0.25) is 0 Å². The van der Waals surface area contributed by atoms with Gasteiger partial charge in [0.1, 0.15) is 5.76 Å². The third-order valence-corrected chi connectivity index (χ3v) is 3.38. The van der Waals surface area contributed by atoms with E-state index < -0.39 is 11.9 Å². The van der Waals surface area contributed by atoms with Crippen LogP contribution in [0.5, 0.6) is 0 Å². The molecule has 1 heterocycles. The summed E-state index contributed by atoms with van der Waals surface area (Å²) in [6.07, 6.45) is 0.683. The minimum atomic E-state index is -1.12. The standard InChI is InChI=1S/C14H12BrNO4/c1-2-8-6-7-11(20-8)13(17)16-12-9(14(18)19)4-3-5-10(12)15/h3-7H,2H2,1H3,(H,16,17)(H,18,19). The van der Waals surface area contributed by atoms with Crippen LogP contribution in [0.4, 0.5) is 5.69 Å². The second-order valence-corrected chi connectivity index (χ2v) is 4.90. The summed E-state index contributed by atoms with van der Waals surface area (Å²) in [4.78, 5) is 23.2. The highest BCUT2D eigenvalue weighted by Crippen LogP contribution is 2.27. The first-order valence-corrected chi connectivity index (χ1v) is 6.74. The molecule has 0 unspecified atom stereocenters. The molecule has 104 valence electrons. The fourth-order valence-electron chi connectivity index (χ4n) is 1.69. The summed E-state index contributed by atoms with van der Waals surface area (Å²) in [5.41, 5.74) is 0.217. The zero-order valence-corrected chi connectivity index (χ0v) is 12.2. The molecule has 1 amide bonds. The smallest absolute Gasteiger partial charge is 0.337 e. The minimum Gasteiger partial charge on any atom is -0.478 e. The molecular weight excluding hydrogens is 326 g/mol. The normalized spacial score (nSPS) is 10.3. The molecule has 2 aromatic rings. The Hall–Kier alpha value is -2.08. The third-order valence-electron chi connectivity index (χ3n) is 2.72. The Balaban J connectivity index is 2.30. The quantitative estimate of drug-likeness (QED) is 0.893. The van der Waals surface area contributed by atoms with E-state index in [1.165, 1.54) is 6.07 Å². The summed E-state index contributed by atoms with van der Waals surface area (Å²) < 4.78 is 5.83. The Labute approximate surface area is 123 Å². The van der Waals surface area contributed by atoms with Crippen LogP contribution < -0.4 is 5.32 Å². The molecule has 0 radical (unpaired) electrons. The molecule has 0 bridgehead atoms. The van der Waals surface area contributed by atoms with E-state index >= 15 is 0 Å². The number of aryl methyl sites for hydroxylation is 1. The first-order chi connectivity index (χ1) is 9.52.